The van der Waals surface area contributed by atoms with Gasteiger partial charge in [0.2, 0.25) is 5.95 Å². The topological polar surface area (TPSA) is 73.3 Å². The van der Waals surface area contributed by atoms with Crippen molar-refractivity contribution in [2.45, 2.75) is 12.8 Å². The predicted molar refractivity (Wildman–Crippen MR) is 78.5 cm³/mol. The minimum Gasteiger partial charge on any atom is -0.494 e. The number of nitrogens with zero attached hydrogens (tertiary/aromatic N) is 2. The van der Waals surface area contributed by atoms with Crippen LogP contribution in [0.25, 0.3) is 0 Å². The summed E-state index contributed by atoms with van der Waals surface area (Å²) >= 11 is 0. The van der Waals surface area contributed by atoms with Gasteiger partial charge >= 0.3 is 5.97 Å². The molecule has 6 heteroatoms. The molecule has 0 unspecified atom stereocenters. The molecule has 0 saturated heterocycles. The number of carbonyl (C=O) groups is 1. The van der Waals surface area contributed by atoms with Crippen LogP contribution >= 0.6 is 0 Å². The van der Waals surface area contributed by atoms with Crippen molar-refractivity contribution < 1.29 is 14.3 Å². The number of methoxy groups -OCH3 is 1. The third kappa shape index (κ3) is 5.10. The van der Waals surface area contributed by atoms with Gasteiger partial charge < -0.3 is 14.8 Å². The predicted octanol–water partition coefficient (Wildman–Crippen LogP) is 2.55. The lowest BCUT2D eigenvalue weighted by Crippen LogP contribution is -2.04. The zero-order valence-electron chi connectivity index (χ0n) is 11.8. The number of aromatic nitrogens is 2. The Balaban J connectivity index is 1.78. The number of ether oxygens (including phenoxy) is 2. The highest BCUT2D eigenvalue weighted by Crippen LogP contribution is 2.18. The molecular weight excluding hydrogens is 270 g/mol. The lowest BCUT2D eigenvalue weighted by molar-refractivity contribution is -0.140. The van der Waals surface area contributed by atoms with Crippen molar-refractivity contribution >= 4 is 17.6 Å². The molecule has 0 atom stereocenters. The van der Waals surface area contributed by atoms with E-state index < -0.39 is 0 Å². The number of rotatable bonds is 7. The first-order valence-electron chi connectivity index (χ1n) is 6.61. The van der Waals surface area contributed by atoms with Crippen molar-refractivity contribution in [2.75, 3.05) is 19.0 Å². The zero-order valence-corrected chi connectivity index (χ0v) is 11.8. The van der Waals surface area contributed by atoms with Crippen LogP contribution in [0.3, 0.4) is 0 Å². The van der Waals surface area contributed by atoms with Gasteiger partial charge in [0.05, 0.1) is 13.7 Å². The molecule has 1 aromatic carbocycles. The summed E-state index contributed by atoms with van der Waals surface area (Å²) in [6.45, 7) is 0.476. The minimum atomic E-state index is -0.221. The summed E-state index contributed by atoms with van der Waals surface area (Å²) in [4.78, 5) is 19.1. The fourth-order valence-corrected chi connectivity index (χ4v) is 1.64. The molecular formula is C15H17N3O3. The van der Waals surface area contributed by atoms with E-state index in [9.17, 15) is 4.79 Å². The molecule has 1 aromatic heterocycles. The summed E-state index contributed by atoms with van der Waals surface area (Å²) in [5.74, 6) is 1.07. The van der Waals surface area contributed by atoms with Gasteiger partial charge in [-0.1, -0.05) is 0 Å². The highest BCUT2D eigenvalue weighted by molar-refractivity contribution is 5.69. The van der Waals surface area contributed by atoms with Gasteiger partial charge in [-0.15, -0.1) is 0 Å². The van der Waals surface area contributed by atoms with Gasteiger partial charge in [0.15, 0.2) is 0 Å². The molecule has 0 bridgehead atoms. The molecule has 0 amide bonds. The summed E-state index contributed by atoms with van der Waals surface area (Å²) in [5, 5.41) is 3.08. The molecule has 0 spiro atoms. The Hall–Kier alpha value is -2.63. The van der Waals surface area contributed by atoms with Crippen LogP contribution in [0.5, 0.6) is 5.75 Å². The van der Waals surface area contributed by atoms with E-state index in [1.807, 2.05) is 24.3 Å². The van der Waals surface area contributed by atoms with Crippen LogP contribution in [-0.2, 0) is 9.53 Å². The maximum Gasteiger partial charge on any atom is 0.305 e. The summed E-state index contributed by atoms with van der Waals surface area (Å²) in [6, 6.07) is 9.22. The van der Waals surface area contributed by atoms with Gasteiger partial charge in [-0.2, -0.15) is 0 Å². The highest BCUT2D eigenvalue weighted by atomic mass is 16.5. The number of carbonyl (C=O) groups excluding carboxylic acids is 1. The van der Waals surface area contributed by atoms with E-state index in [4.69, 9.17) is 4.74 Å². The SMILES string of the molecule is COC(=O)CCCOc1ccc(Nc2ncccn2)cc1. The molecule has 2 aromatic rings. The van der Waals surface area contributed by atoms with E-state index >= 15 is 0 Å². The first-order valence-corrected chi connectivity index (χ1v) is 6.61. The van der Waals surface area contributed by atoms with Gasteiger partial charge in [0, 0.05) is 24.5 Å². The Labute approximate surface area is 123 Å². The van der Waals surface area contributed by atoms with Gasteiger partial charge in [0.1, 0.15) is 5.75 Å². The monoisotopic (exact) mass is 287 g/mol. The second-order valence-corrected chi connectivity index (χ2v) is 4.25. The summed E-state index contributed by atoms with van der Waals surface area (Å²) in [6.07, 6.45) is 4.34. The molecule has 0 aliphatic heterocycles. The molecule has 1 heterocycles. The number of hydrogen-bond donors (Lipinski definition) is 1. The van der Waals surface area contributed by atoms with Gasteiger partial charge in [0.25, 0.3) is 0 Å². The molecule has 0 aliphatic rings. The van der Waals surface area contributed by atoms with Crippen LogP contribution in [0.4, 0.5) is 11.6 Å². The van der Waals surface area contributed by atoms with Crippen molar-refractivity contribution in [3.8, 4) is 5.75 Å². The Morgan fingerprint density at radius 2 is 1.90 bits per heavy atom. The molecule has 0 saturated carbocycles. The Morgan fingerprint density at radius 1 is 1.19 bits per heavy atom. The number of anilines is 2. The zero-order chi connectivity index (χ0) is 14.9. The van der Waals surface area contributed by atoms with Crippen molar-refractivity contribution in [1.82, 2.24) is 9.97 Å². The molecule has 0 fully saturated rings. The maximum absolute atomic E-state index is 10.9. The summed E-state index contributed by atoms with van der Waals surface area (Å²) < 4.78 is 10.1. The molecule has 1 N–H and O–H groups in total. The molecule has 21 heavy (non-hydrogen) atoms. The van der Waals surface area contributed by atoms with E-state index in [-0.39, 0.29) is 5.97 Å². The minimum absolute atomic E-state index is 0.221. The molecule has 110 valence electrons. The summed E-state index contributed by atoms with van der Waals surface area (Å²) in [7, 11) is 1.38. The van der Waals surface area contributed by atoms with Crippen LogP contribution in [0.15, 0.2) is 42.7 Å². The smallest absolute Gasteiger partial charge is 0.305 e. The van der Waals surface area contributed by atoms with Crippen molar-refractivity contribution in [2.24, 2.45) is 0 Å². The van der Waals surface area contributed by atoms with E-state index in [0.717, 1.165) is 11.4 Å². The molecule has 2 rings (SSSR count). The number of nitrogens with one attached hydrogen (secondary N) is 1. The van der Waals surface area contributed by atoms with Gasteiger partial charge in [-0.25, -0.2) is 9.97 Å². The average molecular weight is 287 g/mol. The third-order valence-electron chi connectivity index (χ3n) is 2.70. The lowest BCUT2D eigenvalue weighted by atomic mass is 10.3. The van der Waals surface area contributed by atoms with E-state index in [2.05, 4.69) is 20.0 Å². The molecule has 0 aliphatic carbocycles. The summed E-state index contributed by atoms with van der Waals surface area (Å²) in [5.41, 5.74) is 0.878. The van der Waals surface area contributed by atoms with E-state index in [1.165, 1.54) is 7.11 Å². The largest absolute Gasteiger partial charge is 0.494 e. The second-order valence-electron chi connectivity index (χ2n) is 4.25. The first kappa shape index (κ1) is 14.8. The van der Waals surface area contributed by atoms with Crippen LogP contribution in [0.1, 0.15) is 12.8 Å². The lowest BCUT2D eigenvalue weighted by Gasteiger charge is -2.07. The number of benzene rings is 1. The van der Waals surface area contributed by atoms with E-state index in [0.29, 0.717) is 25.4 Å². The maximum atomic E-state index is 10.9. The van der Waals surface area contributed by atoms with Gasteiger partial charge in [-0.3, -0.25) is 4.79 Å². The van der Waals surface area contributed by atoms with Gasteiger partial charge in [-0.05, 0) is 36.8 Å². The first-order chi connectivity index (χ1) is 10.3. The van der Waals surface area contributed by atoms with Crippen molar-refractivity contribution in [3.05, 3.63) is 42.7 Å². The number of hydrogen-bond acceptors (Lipinski definition) is 6. The fraction of sp³-hybridized carbons (Fsp3) is 0.267. The van der Waals surface area contributed by atoms with Crippen molar-refractivity contribution in [1.29, 1.82) is 0 Å². The van der Waals surface area contributed by atoms with Crippen molar-refractivity contribution in [3.63, 3.8) is 0 Å². The third-order valence-corrected chi connectivity index (χ3v) is 2.70. The fourth-order valence-electron chi connectivity index (χ4n) is 1.64. The highest BCUT2D eigenvalue weighted by Gasteiger charge is 2.01. The van der Waals surface area contributed by atoms with E-state index in [1.54, 1.807) is 18.5 Å². The van der Waals surface area contributed by atoms with Crippen LogP contribution in [0, 0.1) is 0 Å². The van der Waals surface area contributed by atoms with Crippen LogP contribution < -0.4 is 10.1 Å². The second kappa shape index (κ2) is 7.84. The molecule has 0 radical (unpaired) electrons. The Bertz CT molecular complexity index is 558. The Kier molecular flexibility index (Phi) is 5.51. The van der Waals surface area contributed by atoms with Crippen LogP contribution in [-0.4, -0.2) is 29.7 Å². The molecule has 6 nitrogen and oxygen atoms in total. The standard InChI is InChI=1S/C15H17N3O3/c1-20-14(19)4-2-11-21-13-7-5-12(6-8-13)18-15-16-9-3-10-17-15/h3,5-10H,2,4,11H2,1H3,(H,16,17,18). The quantitative estimate of drug-likeness (QED) is 0.623. The van der Waals surface area contributed by atoms with Crippen LogP contribution in [0.2, 0.25) is 0 Å². The normalized spacial score (nSPS) is 9.95. The average Bonchev–Trinajstić information content (AvgIpc) is 2.54. The Morgan fingerprint density at radius 3 is 2.57 bits per heavy atom. The number of esters is 1.